The van der Waals surface area contributed by atoms with Crippen molar-refractivity contribution in [3.63, 3.8) is 0 Å². The molecule has 1 saturated heterocycles. The Kier molecular flexibility index (Phi) is 6.13. The molecule has 3 heterocycles. The monoisotopic (exact) mass is 519 g/mol. The van der Waals surface area contributed by atoms with Crippen molar-refractivity contribution in [2.75, 3.05) is 4.90 Å². The van der Waals surface area contributed by atoms with E-state index in [1.165, 1.54) is 16.2 Å². The number of fused-ring (bicyclic) bond motifs is 1. The summed E-state index contributed by atoms with van der Waals surface area (Å²) in [4.78, 5) is 41.0. The summed E-state index contributed by atoms with van der Waals surface area (Å²) < 4.78 is 1.92. The zero-order valence-corrected chi connectivity index (χ0v) is 21.8. The number of amides is 2. The molecular formula is C27H25N3O4S2. The molecule has 3 aromatic rings. The summed E-state index contributed by atoms with van der Waals surface area (Å²) in [6.07, 6.45) is 5.27. The number of nitrogens with zero attached hydrogens (tertiary/aromatic N) is 2. The number of hydrogen-bond donors (Lipinski definition) is 2. The van der Waals surface area contributed by atoms with Gasteiger partial charge in [0.15, 0.2) is 5.11 Å². The summed E-state index contributed by atoms with van der Waals surface area (Å²) >= 11 is 6.85. The van der Waals surface area contributed by atoms with Crippen molar-refractivity contribution in [1.82, 2.24) is 9.88 Å². The maximum Gasteiger partial charge on any atom is 0.339 e. The van der Waals surface area contributed by atoms with Crippen LogP contribution in [0.3, 0.4) is 0 Å². The molecular weight excluding hydrogens is 494 g/mol. The first kappa shape index (κ1) is 24.1. The second-order valence-electron chi connectivity index (χ2n) is 9.10. The SMILES string of the molecule is Cc1ccccc1N1C(=O)/C(=C/c2cc(C)n(-c3sc4c(c3C(=O)O)CCCC4)c2C)C(=O)NC1=S. The Morgan fingerprint density at radius 3 is 2.58 bits per heavy atom. The number of aromatic carboxylic acids is 1. The molecule has 0 spiro atoms. The predicted octanol–water partition coefficient (Wildman–Crippen LogP) is 4.87. The number of rotatable bonds is 4. The van der Waals surface area contributed by atoms with Crippen molar-refractivity contribution in [1.29, 1.82) is 0 Å². The van der Waals surface area contributed by atoms with E-state index < -0.39 is 17.8 Å². The van der Waals surface area contributed by atoms with E-state index in [-0.39, 0.29) is 10.7 Å². The van der Waals surface area contributed by atoms with E-state index in [0.717, 1.165) is 53.1 Å². The number of hydrogen-bond acceptors (Lipinski definition) is 5. The Morgan fingerprint density at radius 2 is 1.86 bits per heavy atom. The van der Waals surface area contributed by atoms with E-state index in [1.54, 1.807) is 12.1 Å². The van der Waals surface area contributed by atoms with E-state index in [2.05, 4.69) is 5.32 Å². The highest BCUT2D eigenvalue weighted by Gasteiger charge is 2.35. The van der Waals surface area contributed by atoms with Gasteiger partial charge in [-0.15, -0.1) is 11.3 Å². The lowest BCUT2D eigenvalue weighted by Crippen LogP contribution is -2.54. The van der Waals surface area contributed by atoms with Gasteiger partial charge in [-0.3, -0.25) is 19.8 Å². The zero-order valence-electron chi connectivity index (χ0n) is 20.2. The van der Waals surface area contributed by atoms with Gasteiger partial charge in [-0.1, -0.05) is 18.2 Å². The van der Waals surface area contributed by atoms with Crippen LogP contribution in [0.25, 0.3) is 11.1 Å². The lowest BCUT2D eigenvalue weighted by Gasteiger charge is -2.30. The van der Waals surface area contributed by atoms with E-state index in [4.69, 9.17) is 12.2 Å². The minimum Gasteiger partial charge on any atom is -0.478 e. The van der Waals surface area contributed by atoms with Gasteiger partial charge in [0.2, 0.25) is 0 Å². The molecule has 2 aliphatic rings. The van der Waals surface area contributed by atoms with Crippen molar-refractivity contribution in [3.05, 3.63) is 74.4 Å². The Morgan fingerprint density at radius 1 is 1.14 bits per heavy atom. The van der Waals surface area contributed by atoms with Gasteiger partial charge in [-0.2, -0.15) is 0 Å². The summed E-state index contributed by atoms with van der Waals surface area (Å²) in [7, 11) is 0. The van der Waals surface area contributed by atoms with Gasteiger partial charge in [-0.05, 0) is 93.6 Å². The highest BCUT2D eigenvalue weighted by molar-refractivity contribution is 7.80. The molecule has 9 heteroatoms. The van der Waals surface area contributed by atoms with E-state index in [0.29, 0.717) is 21.8 Å². The second kappa shape index (κ2) is 9.15. The topological polar surface area (TPSA) is 91.6 Å². The Hall–Kier alpha value is -3.56. The lowest BCUT2D eigenvalue weighted by molar-refractivity contribution is -0.122. The first-order valence-electron chi connectivity index (χ1n) is 11.7. The van der Waals surface area contributed by atoms with Crippen LogP contribution < -0.4 is 10.2 Å². The fourth-order valence-corrected chi connectivity index (χ4v) is 6.79. The molecule has 0 unspecified atom stereocenters. The fourth-order valence-electron chi connectivity index (χ4n) is 5.02. The predicted molar refractivity (Wildman–Crippen MR) is 144 cm³/mol. The molecule has 0 atom stereocenters. The molecule has 1 aliphatic carbocycles. The third-order valence-corrected chi connectivity index (χ3v) is 8.36. The summed E-state index contributed by atoms with van der Waals surface area (Å²) in [5.74, 6) is -1.99. The van der Waals surface area contributed by atoms with Crippen LogP contribution in [0.2, 0.25) is 0 Å². The number of anilines is 1. The minimum absolute atomic E-state index is 0.0314. The molecule has 2 amide bonds. The van der Waals surface area contributed by atoms with Crippen LogP contribution in [0.4, 0.5) is 5.69 Å². The first-order chi connectivity index (χ1) is 17.2. The molecule has 0 radical (unpaired) electrons. The van der Waals surface area contributed by atoms with Crippen molar-refractivity contribution in [2.24, 2.45) is 0 Å². The number of carbonyl (C=O) groups excluding carboxylic acids is 2. The van der Waals surface area contributed by atoms with Crippen molar-refractivity contribution < 1.29 is 19.5 Å². The van der Waals surface area contributed by atoms with Crippen molar-refractivity contribution >= 4 is 58.2 Å². The molecule has 1 aromatic carbocycles. The number of carbonyl (C=O) groups is 3. The van der Waals surface area contributed by atoms with E-state index in [1.807, 2.05) is 49.6 Å². The zero-order chi connectivity index (χ0) is 25.7. The highest BCUT2D eigenvalue weighted by Crippen LogP contribution is 2.39. The summed E-state index contributed by atoms with van der Waals surface area (Å²) in [6, 6.07) is 9.21. The van der Waals surface area contributed by atoms with Gasteiger partial charge < -0.3 is 9.67 Å². The second-order valence-corrected chi connectivity index (χ2v) is 10.6. The van der Waals surface area contributed by atoms with Crippen molar-refractivity contribution in [3.8, 4) is 5.00 Å². The third kappa shape index (κ3) is 3.88. The molecule has 2 N–H and O–H groups in total. The lowest BCUT2D eigenvalue weighted by atomic mass is 9.95. The maximum atomic E-state index is 13.5. The smallest absolute Gasteiger partial charge is 0.339 e. The van der Waals surface area contributed by atoms with E-state index in [9.17, 15) is 19.5 Å². The number of aromatic nitrogens is 1. The Balaban J connectivity index is 1.60. The molecule has 184 valence electrons. The van der Waals surface area contributed by atoms with Crippen LogP contribution in [0.15, 0.2) is 35.9 Å². The number of carboxylic acids is 1. The Bertz CT molecular complexity index is 1490. The first-order valence-corrected chi connectivity index (χ1v) is 13.0. The van der Waals surface area contributed by atoms with Gasteiger partial charge >= 0.3 is 5.97 Å². The van der Waals surface area contributed by atoms with Crippen LogP contribution in [0.5, 0.6) is 0 Å². The molecule has 1 aliphatic heterocycles. The summed E-state index contributed by atoms with van der Waals surface area (Å²) in [5, 5.41) is 13.4. The van der Waals surface area contributed by atoms with E-state index >= 15 is 0 Å². The number of thiocarbonyl (C=S) groups is 1. The average molecular weight is 520 g/mol. The molecule has 5 rings (SSSR count). The van der Waals surface area contributed by atoms with Crippen LogP contribution in [-0.4, -0.2) is 32.6 Å². The van der Waals surface area contributed by atoms with Crippen LogP contribution in [0.1, 0.15) is 56.2 Å². The summed E-state index contributed by atoms with van der Waals surface area (Å²) in [6.45, 7) is 5.65. The van der Waals surface area contributed by atoms with Crippen molar-refractivity contribution in [2.45, 2.75) is 46.5 Å². The third-order valence-electron chi connectivity index (χ3n) is 6.80. The molecule has 1 fully saturated rings. The number of para-hydroxylation sites is 1. The van der Waals surface area contributed by atoms with Crippen LogP contribution in [-0.2, 0) is 22.4 Å². The Labute approximate surface area is 218 Å². The number of thiophene rings is 1. The quantitative estimate of drug-likeness (QED) is 0.292. The fraction of sp³-hybridized carbons (Fsp3) is 0.259. The van der Waals surface area contributed by atoms with Gasteiger partial charge in [-0.25, -0.2) is 4.79 Å². The largest absolute Gasteiger partial charge is 0.478 e. The minimum atomic E-state index is -0.930. The number of nitrogens with one attached hydrogen (secondary N) is 1. The molecule has 7 nitrogen and oxygen atoms in total. The van der Waals surface area contributed by atoms with Gasteiger partial charge in [0.05, 0.1) is 11.3 Å². The molecule has 2 aromatic heterocycles. The van der Waals surface area contributed by atoms with Crippen LogP contribution in [0, 0.1) is 20.8 Å². The molecule has 0 saturated carbocycles. The molecule has 36 heavy (non-hydrogen) atoms. The normalized spacial score (nSPS) is 16.9. The highest BCUT2D eigenvalue weighted by atomic mass is 32.1. The standard InChI is InChI=1S/C27H25N3O4S2/c1-14-8-4-6-10-20(14)30-24(32)19(23(31)28-27(30)35)13-17-12-15(2)29(16(17)3)25-22(26(33)34)18-9-5-7-11-21(18)36-25/h4,6,8,10,12-13H,5,7,9,11H2,1-3H3,(H,33,34)(H,28,31,35)/b19-13+. The summed E-state index contributed by atoms with van der Waals surface area (Å²) in [5.41, 5.74) is 4.99. The molecule has 0 bridgehead atoms. The number of benzene rings is 1. The van der Waals surface area contributed by atoms with Crippen LogP contribution >= 0.6 is 23.6 Å². The van der Waals surface area contributed by atoms with Gasteiger partial charge in [0.25, 0.3) is 11.8 Å². The van der Waals surface area contributed by atoms with Gasteiger partial charge in [0.1, 0.15) is 10.6 Å². The maximum absolute atomic E-state index is 13.5. The van der Waals surface area contributed by atoms with Gasteiger partial charge in [0, 0.05) is 16.3 Å². The number of carboxylic acid groups (broad SMARTS) is 1. The average Bonchev–Trinajstić information content (AvgIpc) is 3.34. The number of aryl methyl sites for hydroxylation is 3.